The predicted octanol–water partition coefficient (Wildman–Crippen LogP) is 2.36. The van der Waals surface area contributed by atoms with Crippen LogP contribution in [0.5, 0.6) is 0 Å². The van der Waals surface area contributed by atoms with Gasteiger partial charge < -0.3 is 18.9 Å². The van der Waals surface area contributed by atoms with Gasteiger partial charge in [-0.2, -0.15) is 0 Å². The molecule has 0 N–H and O–H groups in total. The molecule has 2 aromatic rings. The number of aldehydes is 2. The Hall–Kier alpha value is -3.36. The molecule has 2 rings (SSSR count). The van der Waals surface area contributed by atoms with Crippen molar-refractivity contribution in [1.29, 1.82) is 0 Å². The quantitative estimate of drug-likeness (QED) is 0.279. The van der Waals surface area contributed by atoms with Gasteiger partial charge >= 0.3 is 11.9 Å². The minimum Gasteiger partial charge on any atom is -0.460 e. The van der Waals surface area contributed by atoms with Gasteiger partial charge in [0.15, 0.2) is 0 Å². The molecule has 0 fully saturated rings. The molecule has 0 aliphatic carbocycles. The molecule has 8 nitrogen and oxygen atoms in total. The van der Waals surface area contributed by atoms with E-state index in [2.05, 4.69) is 0 Å². The fourth-order valence-electron chi connectivity index (χ4n) is 2.27. The number of carbonyl (C=O) groups is 4. The summed E-state index contributed by atoms with van der Waals surface area (Å²) >= 11 is 0. The highest BCUT2D eigenvalue weighted by Gasteiger charge is 2.07. The Morgan fingerprint density at radius 3 is 1.23 bits per heavy atom. The lowest BCUT2D eigenvalue weighted by molar-refractivity contribution is 0.00229. The van der Waals surface area contributed by atoms with Crippen LogP contribution in [0.25, 0.3) is 0 Å². The first-order valence-electron chi connectivity index (χ1n) is 9.24. The van der Waals surface area contributed by atoms with Gasteiger partial charge in [-0.25, -0.2) is 9.59 Å². The van der Waals surface area contributed by atoms with Crippen LogP contribution in [-0.4, -0.2) is 64.2 Å². The second-order valence-electron chi connectivity index (χ2n) is 5.98. The van der Waals surface area contributed by atoms with E-state index in [1.54, 1.807) is 0 Å². The van der Waals surface area contributed by atoms with Crippen molar-refractivity contribution < 1.29 is 38.1 Å². The molecule has 2 aromatic carbocycles. The van der Waals surface area contributed by atoms with Gasteiger partial charge in [-0.15, -0.1) is 0 Å². The summed E-state index contributed by atoms with van der Waals surface area (Å²) in [6, 6.07) is 12.2. The first-order chi connectivity index (χ1) is 14.6. The molecular formula is C22H22O8. The van der Waals surface area contributed by atoms with Crippen molar-refractivity contribution in [2.75, 3.05) is 39.6 Å². The van der Waals surface area contributed by atoms with Gasteiger partial charge in [-0.05, 0) is 24.3 Å². The van der Waals surface area contributed by atoms with E-state index in [1.807, 2.05) is 0 Å². The highest BCUT2D eigenvalue weighted by Crippen LogP contribution is 2.05. The van der Waals surface area contributed by atoms with Crippen molar-refractivity contribution in [3.63, 3.8) is 0 Å². The summed E-state index contributed by atoms with van der Waals surface area (Å²) in [5.74, 6) is -0.982. The molecule has 0 aromatic heterocycles. The summed E-state index contributed by atoms with van der Waals surface area (Å²) < 4.78 is 20.7. The SMILES string of the molecule is O=Cc1ccc(C(=O)OCCOCCOCCOC(=O)c2ccc(C=O)cc2)cc1. The molecule has 0 spiro atoms. The number of esters is 2. The van der Waals surface area contributed by atoms with Gasteiger partial charge in [0.05, 0.1) is 37.6 Å². The minimum atomic E-state index is -0.491. The molecule has 0 heterocycles. The van der Waals surface area contributed by atoms with E-state index >= 15 is 0 Å². The third-order valence-electron chi connectivity index (χ3n) is 3.86. The van der Waals surface area contributed by atoms with Crippen LogP contribution in [0.15, 0.2) is 48.5 Å². The van der Waals surface area contributed by atoms with Crippen molar-refractivity contribution in [3.05, 3.63) is 70.8 Å². The summed E-state index contributed by atoms with van der Waals surface area (Å²) in [6.45, 7) is 1.21. The zero-order valence-electron chi connectivity index (χ0n) is 16.3. The molecule has 0 aliphatic heterocycles. The average Bonchev–Trinajstić information content (AvgIpc) is 2.80. The number of hydrogen-bond acceptors (Lipinski definition) is 8. The van der Waals surface area contributed by atoms with Gasteiger partial charge in [0.1, 0.15) is 25.8 Å². The summed E-state index contributed by atoms with van der Waals surface area (Å²) in [6.07, 6.45) is 1.40. The monoisotopic (exact) mass is 414 g/mol. The second kappa shape index (κ2) is 13.0. The first kappa shape index (κ1) is 22.9. The summed E-state index contributed by atoms with van der Waals surface area (Å²) in [7, 11) is 0. The number of rotatable bonds is 13. The molecule has 0 bridgehead atoms. The van der Waals surface area contributed by atoms with Crippen LogP contribution in [-0.2, 0) is 18.9 Å². The Balaban J connectivity index is 1.46. The van der Waals surface area contributed by atoms with Gasteiger partial charge in [0.2, 0.25) is 0 Å². The summed E-state index contributed by atoms with van der Waals surface area (Å²) in [5.41, 5.74) is 1.69. The Labute approximate surface area is 173 Å². The van der Waals surface area contributed by atoms with E-state index in [0.717, 1.165) is 0 Å². The number of hydrogen-bond donors (Lipinski definition) is 0. The van der Waals surface area contributed by atoms with Crippen LogP contribution >= 0.6 is 0 Å². The van der Waals surface area contributed by atoms with Crippen molar-refractivity contribution >= 4 is 24.5 Å². The van der Waals surface area contributed by atoms with Crippen LogP contribution in [0.4, 0.5) is 0 Å². The van der Waals surface area contributed by atoms with Gasteiger partial charge in [0.25, 0.3) is 0 Å². The molecule has 0 atom stereocenters. The maximum atomic E-state index is 11.8. The molecule has 158 valence electrons. The third-order valence-corrected chi connectivity index (χ3v) is 3.86. The van der Waals surface area contributed by atoms with Crippen LogP contribution in [0, 0.1) is 0 Å². The van der Waals surface area contributed by atoms with E-state index in [0.29, 0.717) is 48.0 Å². The van der Waals surface area contributed by atoms with E-state index in [-0.39, 0.29) is 26.4 Å². The van der Waals surface area contributed by atoms with E-state index < -0.39 is 11.9 Å². The first-order valence-corrected chi connectivity index (χ1v) is 9.24. The molecule has 0 amide bonds. The molecule has 0 saturated carbocycles. The standard InChI is InChI=1S/C22H22O8/c23-15-17-1-5-19(6-2-17)21(25)29-13-11-27-9-10-28-12-14-30-22(26)20-7-3-18(16-24)4-8-20/h1-8,15-16H,9-14H2. The zero-order chi connectivity index (χ0) is 21.6. The normalized spacial score (nSPS) is 10.3. The smallest absolute Gasteiger partial charge is 0.338 e. The maximum Gasteiger partial charge on any atom is 0.338 e. The van der Waals surface area contributed by atoms with Crippen molar-refractivity contribution in [3.8, 4) is 0 Å². The zero-order valence-corrected chi connectivity index (χ0v) is 16.3. The van der Waals surface area contributed by atoms with Gasteiger partial charge in [-0.1, -0.05) is 24.3 Å². The molecule has 30 heavy (non-hydrogen) atoms. The molecule has 0 aliphatic rings. The highest BCUT2D eigenvalue weighted by molar-refractivity contribution is 5.91. The molecular weight excluding hydrogens is 392 g/mol. The predicted molar refractivity (Wildman–Crippen MR) is 106 cm³/mol. The van der Waals surface area contributed by atoms with E-state index in [4.69, 9.17) is 18.9 Å². The van der Waals surface area contributed by atoms with E-state index in [1.165, 1.54) is 48.5 Å². The van der Waals surface area contributed by atoms with E-state index in [9.17, 15) is 19.2 Å². The van der Waals surface area contributed by atoms with Gasteiger partial charge in [-0.3, -0.25) is 9.59 Å². The molecule has 0 saturated heterocycles. The third kappa shape index (κ3) is 7.94. The lowest BCUT2D eigenvalue weighted by Crippen LogP contribution is -2.15. The molecule has 0 radical (unpaired) electrons. The largest absolute Gasteiger partial charge is 0.460 e. The van der Waals surface area contributed by atoms with Crippen molar-refractivity contribution in [1.82, 2.24) is 0 Å². The molecule has 8 heteroatoms. The Bertz CT molecular complexity index is 756. The second-order valence-corrected chi connectivity index (χ2v) is 5.98. The lowest BCUT2D eigenvalue weighted by atomic mass is 10.1. The Morgan fingerprint density at radius 1 is 0.567 bits per heavy atom. The summed E-state index contributed by atoms with van der Waals surface area (Å²) in [5, 5.41) is 0. The van der Waals surface area contributed by atoms with Crippen molar-refractivity contribution in [2.24, 2.45) is 0 Å². The number of carbonyl (C=O) groups excluding carboxylic acids is 4. The van der Waals surface area contributed by atoms with Crippen LogP contribution in [0.1, 0.15) is 41.4 Å². The fourth-order valence-corrected chi connectivity index (χ4v) is 2.27. The van der Waals surface area contributed by atoms with Crippen LogP contribution < -0.4 is 0 Å². The lowest BCUT2D eigenvalue weighted by Gasteiger charge is -2.08. The topological polar surface area (TPSA) is 105 Å². The Kier molecular flexibility index (Phi) is 9.91. The number of ether oxygens (including phenoxy) is 4. The maximum absolute atomic E-state index is 11.8. The minimum absolute atomic E-state index is 0.0920. The van der Waals surface area contributed by atoms with Crippen molar-refractivity contribution in [2.45, 2.75) is 0 Å². The summed E-state index contributed by atoms with van der Waals surface area (Å²) in [4.78, 5) is 44.7. The average molecular weight is 414 g/mol. The van der Waals surface area contributed by atoms with Crippen LogP contribution in [0.2, 0.25) is 0 Å². The van der Waals surface area contributed by atoms with Gasteiger partial charge in [0, 0.05) is 11.1 Å². The number of benzene rings is 2. The highest BCUT2D eigenvalue weighted by atomic mass is 16.6. The fraction of sp³-hybridized carbons (Fsp3) is 0.273. The Morgan fingerprint density at radius 2 is 0.900 bits per heavy atom. The molecule has 0 unspecified atom stereocenters. The van der Waals surface area contributed by atoms with Crippen LogP contribution in [0.3, 0.4) is 0 Å².